The Labute approximate surface area is 200 Å². The lowest BCUT2D eigenvalue weighted by Crippen LogP contribution is -2.50. The summed E-state index contributed by atoms with van der Waals surface area (Å²) in [6.07, 6.45) is 0.847. The van der Waals surface area contributed by atoms with Crippen LogP contribution >= 0.6 is 0 Å². The lowest BCUT2D eigenvalue weighted by molar-refractivity contribution is -0.157. The highest BCUT2D eigenvalue weighted by Crippen LogP contribution is 2.29. The van der Waals surface area contributed by atoms with Crippen molar-refractivity contribution in [1.82, 2.24) is 9.80 Å². The van der Waals surface area contributed by atoms with Crippen molar-refractivity contribution in [2.24, 2.45) is 11.8 Å². The van der Waals surface area contributed by atoms with Gasteiger partial charge in [0.1, 0.15) is 6.04 Å². The van der Waals surface area contributed by atoms with Gasteiger partial charge in [-0.15, -0.1) is 0 Å². The molecule has 3 atom stereocenters. The summed E-state index contributed by atoms with van der Waals surface area (Å²) in [5.41, 5.74) is 0.463. The Bertz CT molecular complexity index is 1050. The van der Waals surface area contributed by atoms with Crippen LogP contribution in [0.15, 0.2) is 24.3 Å². The van der Waals surface area contributed by atoms with E-state index in [4.69, 9.17) is 4.74 Å². The monoisotopic (exact) mass is 492 g/mol. The second-order valence-electron chi connectivity index (χ2n) is 9.46. The van der Waals surface area contributed by atoms with E-state index in [-0.39, 0.29) is 28.6 Å². The summed E-state index contributed by atoms with van der Waals surface area (Å²) in [6.45, 7) is 7.15. The Morgan fingerprint density at radius 2 is 1.71 bits per heavy atom. The third-order valence-electron chi connectivity index (χ3n) is 6.40. The zero-order chi connectivity index (χ0) is 25.2. The molecule has 186 valence electrons. The highest BCUT2D eigenvalue weighted by atomic mass is 32.2. The van der Waals surface area contributed by atoms with Crippen LogP contribution in [-0.2, 0) is 24.2 Å². The molecule has 1 aromatic carbocycles. The minimum Gasteiger partial charge on any atom is -0.454 e. The summed E-state index contributed by atoms with van der Waals surface area (Å²) in [5, 5.41) is 0. The van der Waals surface area contributed by atoms with Gasteiger partial charge in [-0.2, -0.15) is 0 Å². The first-order valence-corrected chi connectivity index (χ1v) is 13.4. The van der Waals surface area contributed by atoms with Crippen LogP contribution in [0.2, 0.25) is 0 Å². The van der Waals surface area contributed by atoms with Gasteiger partial charge in [-0.05, 0) is 30.4 Å². The van der Waals surface area contributed by atoms with Gasteiger partial charge in [0.05, 0.1) is 22.6 Å². The molecular weight excluding hydrogens is 460 g/mol. The van der Waals surface area contributed by atoms with Crippen LogP contribution < -0.4 is 0 Å². The van der Waals surface area contributed by atoms with E-state index in [0.717, 1.165) is 4.90 Å². The number of carbonyl (C=O) groups excluding carboxylic acids is 4. The fraction of sp³-hybridized carbons (Fsp3) is 0.583. The van der Waals surface area contributed by atoms with E-state index >= 15 is 0 Å². The molecule has 0 bridgehead atoms. The third kappa shape index (κ3) is 5.32. The Kier molecular flexibility index (Phi) is 7.80. The maximum atomic E-state index is 13.1. The molecule has 3 rings (SSSR count). The number of carbonyl (C=O) groups is 4. The maximum absolute atomic E-state index is 13.1. The molecule has 2 aliphatic rings. The van der Waals surface area contributed by atoms with Crippen molar-refractivity contribution in [3.63, 3.8) is 0 Å². The molecule has 3 amide bonds. The molecule has 0 radical (unpaired) electrons. The molecule has 0 aliphatic carbocycles. The first-order valence-electron chi connectivity index (χ1n) is 11.6. The molecule has 2 heterocycles. The number of esters is 1. The fourth-order valence-electron chi connectivity index (χ4n) is 4.45. The second kappa shape index (κ2) is 10.2. The van der Waals surface area contributed by atoms with Gasteiger partial charge < -0.3 is 9.64 Å². The Balaban J connectivity index is 1.75. The standard InChI is InChI=1S/C24H32N2O7S/c1-5-16(4)21(26-22(28)18-8-6-7-9-19(18)23(26)29)24(30)33-13-20(27)25(12-15(2)3)17-10-11-34(31,32)14-17/h6-9,15-17,21H,5,10-14H2,1-4H3. The van der Waals surface area contributed by atoms with Crippen LogP contribution in [-0.4, -0.2) is 78.6 Å². The van der Waals surface area contributed by atoms with Crippen LogP contribution in [0, 0.1) is 11.8 Å². The van der Waals surface area contributed by atoms with Gasteiger partial charge in [-0.1, -0.05) is 46.2 Å². The number of nitrogens with zero attached hydrogens (tertiary/aromatic N) is 2. The Morgan fingerprint density at radius 1 is 1.12 bits per heavy atom. The third-order valence-corrected chi connectivity index (χ3v) is 8.15. The minimum atomic E-state index is -3.20. The molecular formula is C24H32N2O7S. The molecule has 0 spiro atoms. The molecule has 0 saturated carbocycles. The highest BCUT2D eigenvalue weighted by molar-refractivity contribution is 7.91. The SMILES string of the molecule is CCC(C)C(C(=O)OCC(=O)N(CC(C)C)C1CCS(=O)(=O)C1)N1C(=O)c2ccccc2C1=O. The maximum Gasteiger partial charge on any atom is 0.330 e. The molecule has 10 heteroatoms. The van der Waals surface area contributed by atoms with Gasteiger partial charge in [0, 0.05) is 12.6 Å². The minimum absolute atomic E-state index is 0.0230. The van der Waals surface area contributed by atoms with Crippen molar-refractivity contribution in [2.45, 2.75) is 52.6 Å². The van der Waals surface area contributed by atoms with Crippen LogP contribution in [0.5, 0.6) is 0 Å². The molecule has 1 fully saturated rings. The Hall–Kier alpha value is -2.75. The number of sulfone groups is 1. The molecule has 3 unspecified atom stereocenters. The summed E-state index contributed by atoms with van der Waals surface area (Å²) in [7, 11) is -3.20. The lowest BCUT2D eigenvalue weighted by atomic mass is 9.97. The normalized spacial score (nSPS) is 20.9. The van der Waals surface area contributed by atoms with Gasteiger partial charge in [-0.3, -0.25) is 19.3 Å². The number of rotatable bonds is 9. The van der Waals surface area contributed by atoms with Crippen LogP contribution in [0.1, 0.15) is 61.3 Å². The van der Waals surface area contributed by atoms with E-state index in [1.54, 1.807) is 19.1 Å². The molecule has 1 aromatic rings. The number of amides is 3. The van der Waals surface area contributed by atoms with Crippen molar-refractivity contribution in [3.05, 3.63) is 35.4 Å². The molecule has 0 N–H and O–H groups in total. The van der Waals surface area contributed by atoms with E-state index < -0.39 is 58.1 Å². The predicted octanol–water partition coefficient (Wildman–Crippen LogP) is 1.91. The van der Waals surface area contributed by atoms with Gasteiger partial charge in [0.15, 0.2) is 16.4 Å². The fourth-order valence-corrected chi connectivity index (χ4v) is 6.18. The van der Waals surface area contributed by atoms with Gasteiger partial charge in [0.25, 0.3) is 17.7 Å². The average Bonchev–Trinajstić information content (AvgIpc) is 3.27. The smallest absolute Gasteiger partial charge is 0.330 e. The van der Waals surface area contributed by atoms with E-state index in [1.165, 1.54) is 17.0 Å². The van der Waals surface area contributed by atoms with Crippen LogP contribution in [0.4, 0.5) is 0 Å². The number of imide groups is 1. The molecule has 0 aromatic heterocycles. The van der Waals surface area contributed by atoms with E-state index in [1.807, 2.05) is 20.8 Å². The largest absolute Gasteiger partial charge is 0.454 e. The zero-order valence-electron chi connectivity index (χ0n) is 20.0. The first kappa shape index (κ1) is 25.9. The van der Waals surface area contributed by atoms with Crippen molar-refractivity contribution < 1.29 is 32.3 Å². The van der Waals surface area contributed by atoms with Gasteiger partial charge in [-0.25, -0.2) is 13.2 Å². The summed E-state index contributed by atoms with van der Waals surface area (Å²) in [6, 6.07) is 4.75. The van der Waals surface area contributed by atoms with Crippen molar-refractivity contribution in [2.75, 3.05) is 24.7 Å². The molecule has 2 aliphatic heterocycles. The van der Waals surface area contributed by atoms with Gasteiger partial charge in [0.2, 0.25) is 0 Å². The average molecular weight is 493 g/mol. The summed E-state index contributed by atoms with van der Waals surface area (Å²) in [5.74, 6) is -2.83. The number of hydrogen-bond acceptors (Lipinski definition) is 7. The number of fused-ring (bicyclic) bond motifs is 1. The van der Waals surface area contributed by atoms with Crippen LogP contribution in [0.3, 0.4) is 0 Å². The predicted molar refractivity (Wildman–Crippen MR) is 125 cm³/mol. The first-order chi connectivity index (χ1) is 16.0. The zero-order valence-corrected chi connectivity index (χ0v) is 20.8. The number of hydrogen-bond donors (Lipinski definition) is 0. The van der Waals surface area contributed by atoms with E-state index in [9.17, 15) is 27.6 Å². The van der Waals surface area contributed by atoms with Crippen molar-refractivity contribution in [3.8, 4) is 0 Å². The van der Waals surface area contributed by atoms with Gasteiger partial charge >= 0.3 is 5.97 Å². The van der Waals surface area contributed by atoms with Crippen molar-refractivity contribution in [1.29, 1.82) is 0 Å². The molecule has 9 nitrogen and oxygen atoms in total. The number of ether oxygens (including phenoxy) is 1. The van der Waals surface area contributed by atoms with E-state index in [2.05, 4.69) is 0 Å². The van der Waals surface area contributed by atoms with Crippen LogP contribution in [0.25, 0.3) is 0 Å². The Morgan fingerprint density at radius 3 is 2.18 bits per heavy atom. The van der Waals surface area contributed by atoms with E-state index in [0.29, 0.717) is 19.4 Å². The highest BCUT2D eigenvalue weighted by Gasteiger charge is 2.45. The summed E-state index contributed by atoms with van der Waals surface area (Å²) >= 11 is 0. The molecule has 34 heavy (non-hydrogen) atoms. The lowest BCUT2D eigenvalue weighted by Gasteiger charge is -2.31. The quantitative estimate of drug-likeness (QED) is 0.382. The summed E-state index contributed by atoms with van der Waals surface area (Å²) in [4.78, 5) is 54.4. The second-order valence-corrected chi connectivity index (χ2v) is 11.7. The topological polar surface area (TPSA) is 118 Å². The summed E-state index contributed by atoms with van der Waals surface area (Å²) < 4.78 is 29.2. The van der Waals surface area contributed by atoms with Crippen molar-refractivity contribution >= 4 is 33.5 Å². The molecule has 1 saturated heterocycles. The number of benzene rings is 1.